The van der Waals surface area contributed by atoms with Crippen molar-refractivity contribution >= 4 is 17.6 Å². The van der Waals surface area contributed by atoms with Crippen LogP contribution in [0.4, 0.5) is 5.69 Å². The van der Waals surface area contributed by atoms with Crippen molar-refractivity contribution in [2.24, 2.45) is 5.41 Å². The molecule has 0 bridgehead atoms. The Kier molecular flexibility index (Phi) is 3.94. The topological polar surface area (TPSA) is 98.7 Å². The van der Waals surface area contributed by atoms with Crippen LogP contribution in [-0.2, 0) is 4.79 Å². The molecule has 6 heteroatoms. The monoisotopic (exact) mass is 278 g/mol. The minimum atomic E-state index is -1.19. The van der Waals surface area contributed by atoms with Gasteiger partial charge in [-0.1, -0.05) is 0 Å². The fourth-order valence-electron chi connectivity index (χ4n) is 2.34. The maximum absolute atomic E-state index is 12.3. The molecule has 0 saturated carbocycles. The number of hydrogen-bond donors (Lipinski definition) is 4. The average Bonchev–Trinajstić information content (AvgIpc) is 2.41. The number of phenolic OH excluding ortho intramolecular Hbond substituents is 1. The quantitative estimate of drug-likeness (QED) is 0.627. The lowest BCUT2D eigenvalue weighted by Crippen LogP contribution is -2.46. The number of carboxylic acid groups (broad SMARTS) is 1. The Balaban J connectivity index is 2.21. The van der Waals surface area contributed by atoms with Crippen molar-refractivity contribution in [1.29, 1.82) is 0 Å². The number of phenols is 1. The zero-order chi connectivity index (χ0) is 14.8. The second-order valence-corrected chi connectivity index (χ2v) is 5.33. The van der Waals surface area contributed by atoms with Gasteiger partial charge in [-0.25, -0.2) is 4.79 Å². The Labute approximate surface area is 116 Å². The van der Waals surface area contributed by atoms with E-state index in [-0.39, 0.29) is 22.9 Å². The van der Waals surface area contributed by atoms with E-state index in [4.69, 9.17) is 5.11 Å². The molecular formula is C14H18N2O4. The van der Waals surface area contributed by atoms with E-state index in [9.17, 15) is 14.7 Å². The van der Waals surface area contributed by atoms with Gasteiger partial charge >= 0.3 is 5.97 Å². The first-order valence-corrected chi connectivity index (χ1v) is 6.51. The standard InChI is InChI=1S/C14H18N2O4/c1-14(5-2-6-15-8-14)13(20)16-11-4-3-9(17)7-10(11)12(18)19/h3-4,7,15,17H,2,5-6,8H2,1H3,(H,16,20)(H,18,19). The van der Waals surface area contributed by atoms with E-state index in [0.717, 1.165) is 25.5 Å². The number of hydrogen-bond acceptors (Lipinski definition) is 4. The molecule has 1 unspecified atom stereocenters. The summed E-state index contributed by atoms with van der Waals surface area (Å²) in [5, 5.41) is 24.3. The van der Waals surface area contributed by atoms with Crippen LogP contribution in [0.15, 0.2) is 18.2 Å². The van der Waals surface area contributed by atoms with Crippen molar-refractivity contribution in [3.05, 3.63) is 23.8 Å². The number of piperidine rings is 1. The molecule has 0 aliphatic carbocycles. The summed E-state index contributed by atoms with van der Waals surface area (Å²) in [5.41, 5.74) is -0.468. The third-order valence-corrected chi connectivity index (χ3v) is 3.63. The van der Waals surface area contributed by atoms with Crippen LogP contribution in [0.2, 0.25) is 0 Å². The normalized spacial score (nSPS) is 22.2. The molecule has 1 aliphatic rings. The van der Waals surface area contributed by atoms with Crippen LogP contribution < -0.4 is 10.6 Å². The van der Waals surface area contributed by atoms with Gasteiger partial charge in [-0.2, -0.15) is 0 Å². The van der Waals surface area contributed by atoms with Crippen molar-refractivity contribution in [3.63, 3.8) is 0 Å². The van der Waals surface area contributed by atoms with Gasteiger partial charge in [0.05, 0.1) is 16.7 Å². The fourth-order valence-corrected chi connectivity index (χ4v) is 2.34. The summed E-state index contributed by atoms with van der Waals surface area (Å²) in [4.78, 5) is 23.5. The van der Waals surface area contributed by atoms with Gasteiger partial charge in [0.15, 0.2) is 0 Å². The Bertz CT molecular complexity index is 536. The van der Waals surface area contributed by atoms with Crippen molar-refractivity contribution in [2.75, 3.05) is 18.4 Å². The van der Waals surface area contributed by atoms with E-state index in [1.807, 2.05) is 6.92 Å². The summed E-state index contributed by atoms with van der Waals surface area (Å²) in [6.07, 6.45) is 1.66. The first-order valence-electron chi connectivity index (χ1n) is 6.51. The van der Waals surface area contributed by atoms with Crippen molar-refractivity contribution < 1.29 is 19.8 Å². The Morgan fingerprint density at radius 1 is 1.40 bits per heavy atom. The molecule has 1 amide bonds. The van der Waals surface area contributed by atoms with E-state index >= 15 is 0 Å². The predicted octanol–water partition coefficient (Wildman–Crippen LogP) is 1.42. The molecule has 1 aromatic rings. The number of carbonyl (C=O) groups excluding carboxylic acids is 1. The highest BCUT2D eigenvalue weighted by molar-refractivity contribution is 6.02. The van der Waals surface area contributed by atoms with E-state index in [1.54, 1.807) is 0 Å². The molecule has 0 aromatic heterocycles. The first-order chi connectivity index (χ1) is 9.42. The molecule has 1 aromatic carbocycles. The fraction of sp³-hybridized carbons (Fsp3) is 0.429. The highest BCUT2D eigenvalue weighted by Gasteiger charge is 2.35. The van der Waals surface area contributed by atoms with E-state index in [0.29, 0.717) is 6.54 Å². The summed E-state index contributed by atoms with van der Waals surface area (Å²) in [7, 11) is 0. The van der Waals surface area contributed by atoms with Crippen LogP contribution in [0, 0.1) is 5.41 Å². The Hall–Kier alpha value is -2.08. The first kappa shape index (κ1) is 14.3. The smallest absolute Gasteiger partial charge is 0.337 e. The molecule has 1 atom stereocenters. The lowest BCUT2D eigenvalue weighted by atomic mass is 9.82. The second-order valence-electron chi connectivity index (χ2n) is 5.33. The van der Waals surface area contributed by atoms with Crippen molar-refractivity contribution in [1.82, 2.24) is 5.32 Å². The van der Waals surface area contributed by atoms with Gasteiger partial charge in [-0.3, -0.25) is 4.79 Å². The minimum absolute atomic E-state index is 0.120. The molecule has 6 nitrogen and oxygen atoms in total. The second kappa shape index (κ2) is 5.50. The largest absolute Gasteiger partial charge is 0.508 e. The number of carboxylic acids is 1. The number of carbonyl (C=O) groups is 2. The van der Waals surface area contributed by atoms with Crippen LogP contribution in [0.1, 0.15) is 30.1 Å². The number of amides is 1. The molecule has 108 valence electrons. The van der Waals surface area contributed by atoms with Crippen LogP contribution in [-0.4, -0.2) is 35.2 Å². The zero-order valence-electron chi connectivity index (χ0n) is 11.3. The zero-order valence-corrected chi connectivity index (χ0v) is 11.3. The van der Waals surface area contributed by atoms with Gasteiger partial charge in [0.1, 0.15) is 5.75 Å². The Morgan fingerprint density at radius 3 is 2.75 bits per heavy atom. The van der Waals surface area contributed by atoms with Crippen LogP contribution >= 0.6 is 0 Å². The third-order valence-electron chi connectivity index (χ3n) is 3.63. The maximum atomic E-state index is 12.3. The van der Waals surface area contributed by atoms with Gasteiger partial charge in [0, 0.05) is 6.54 Å². The number of nitrogens with one attached hydrogen (secondary N) is 2. The van der Waals surface area contributed by atoms with Gasteiger partial charge in [-0.05, 0) is 44.5 Å². The average molecular weight is 278 g/mol. The van der Waals surface area contributed by atoms with Crippen LogP contribution in [0.3, 0.4) is 0 Å². The SMILES string of the molecule is CC1(C(=O)Nc2ccc(O)cc2C(=O)O)CCCNC1. The van der Waals surface area contributed by atoms with Gasteiger partial charge in [0.25, 0.3) is 0 Å². The number of aromatic hydroxyl groups is 1. The lowest BCUT2D eigenvalue weighted by molar-refractivity contribution is -0.125. The third kappa shape index (κ3) is 2.91. The van der Waals surface area contributed by atoms with Crippen molar-refractivity contribution in [2.45, 2.75) is 19.8 Å². The predicted molar refractivity (Wildman–Crippen MR) is 73.9 cm³/mol. The summed E-state index contributed by atoms with van der Waals surface area (Å²) < 4.78 is 0. The molecule has 20 heavy (non-hydrogen) atoms. The number of rotatable bonds is 3. The molecule has 0 radical (unpaired) electrons. The van der Waals surface area contributed by atoms with Gasteiger partial charge < -0.3 is 20.8 Å². The summed E-state index contributed by atoms with van der Waals surface area (Å²) >= 11 is 0. The molecule has 1 saturated heterocycles. The summed E-state index contributed by atoms with van der Waals surface area (Å²) in [5.74, 6) is -1.55. The molecule has 0 spiro atoms. The van der Waals surface area contributed by atoms with Gasteiger partial charge in [-0.15, -0.1) is 0 Å². The van der Waals surface area contributed by atoms with Crippen LogP contribution in [0.5, 0.6) is 5.75 Å². The van der Waals surface area contributed by atoms with E-state index < -0.39 is 11.4 Å². The molecule has 1 aliphatic heterocycles. The maximum Gasteiger partial charge on any atom is 0.337 e. The molecule has 1 heterocycles. The van der Waals surface area contributed by atoms with Crippen molar-refractivity contribution in [3.8, 4) is 5.75 Å². The molecular weight excluding hydrogens is 260 g/mol. The Morgan fingerprint density at radius 2 is 2.15 bits per heavy atom. The highest BCUT2D eigenvalue weighted by atomic mass is 16.4. The number of benzene rings is 1. The highest BCUT2D eigenvalue weighted by Crippen LogP contribution is 2.29. The molecule has 1 fully saturated rings. The summed E-state index contributed by atoms with van der Waals surface area (Å²) in [6, 6.07) is 3.87. The summed E-state index contributed by atoms with van der Waals surface area (Å²) in [6.45, 7) is 3.32. The number of anilines is 1. The molecule has 4 N–H and O–H groups in total. The van der Waals surface area contributed by atoms with E-state index in [2.05, 4.69) is 10.6 Å². The van der Waals surface area contributed by atoms with E-state index in [1.165, 1.54) is 12.1 Å². The minimum Gasteiger partial charge on any atom is -0.508 e. The number of aromatic carboxylic acids is 1. The molecule has 2 rings (SSSR count). The van der Waals surface area contributed by atoms with Crippen LogP contribution in [0.25, 0.3) is 0 Å². The lowest BCUT2D eigenvalue weighted by Gasteiger charge is -2.32. The van der Waals surface area contributed by atoms with Gasteiger partial charge in [0.2, 0.25) is 5.91 Å².